The molecule has 0 radical (unpaired) electrons. The maximum Gasteiger partial charge on any atom is 0.410 e. The number of carboxylic acid groups (broad SMARTS) is 1. The van der Waals surface area contributed by atoms with Crippen LogP contribution < -0.4 is 0 Å². The lowest BCUT2D eigenvalue weighted by Gasteiger charge is -2.20. The third-order valence-corrected chi connectivity index (χ3v) is 4.08. The molecule has 1 aromatic rings. The number of hydrogen-bond acceptors (Lipinski definition) is 3. The number of carbonyl (C=O) groups excluding carboxylic acids is 1. The molecule has 1 unspecified atom stereocenters. The van der Waals surface area contributed by atoms with Crippen molar-refractivity contribution in [3.8, 4) is 0 Å². The van der Waals surface area contributed by atoms with Crippen molar-refractivity contribution in [2.75, 3.05) is 13.1 Å². The average Bonchev–Trinajstić information content (AvgIpc) is 2.84. The van der Waals surface area contributed by atoms with Crippen molar-refractivity contribution in [1.82, 2.24) is 4.90 Å². The number of aliphatic carboxylic acids is 1. The van der Waals surface area contributed by atoms with Crippen molar-refractivity contribution in [1.29, 1.82) is 0 Å². The minimum atomic E-state index is -2.14. The summed E-state index contributed by atoms with van der Waals surface area (Å²) < 4.78 is 19.0. The van der Waals surface area contributed by atoms with Gasteiger partial charge in [0.1, 0.15) is 6.61 Å². The highest BCUT2D eigenvalue weighted by Crippen LogP contribution is 2.58. The second kappa shape index (κ2) is 4.47. The molecular weight excluding hydrogens is 265 g/mol. The van der Waals surface area contributed by atoms with E-state index in [1.807, 2.05) is 30.3 Å². The SMILES string of the molecule is O=C(OCc1ccccc1)N1C[C@@H]2[C@H](C1)C2(F)C(=O)O. The number of carbonyl (C=O) groups is 2. The van der Waals surface area contributed by atoms with Crippen LogP contribution in [0.1, 0.15) is 5.56 Å². The Morgan fingerprint density at radius 2 is 1.90 bits per heavy atom. The first-order chi connectivity index (χ1) is 9.53. The number of alkyl halides is 1. The molecule has 20 heavy (non-hydrogen) atoms. The average molecular weight is 279 g/mol. The summed E-state index contributed by atoms with van der Waals surface area (Å²) in [5.41, 5.74) is -1.27. The summed E-state index contributed by atoms with van der Waals surface area (Å²) in [5.74, 6) is -2.61. The van der Waals surface area contributed by atoms with Crippen molar-refractivity contribution in [3.05, 3.63) is 35.9 Å². The van der Waals surface area contributed by atoms with Gasteiger partial charge in [-0.3, -0.25) is 0 Å². The van der Waals surface area contributed by atoms with E-state index in [9.17, 15) is 14.0 Å². The fourth-order valence-electron chi connectivity index (χ4n) is 2.85. The monoisotopic (exact) mass is 279 g/mol. The minimum absolute atomic E-state index is 0.112. The van der Waals surface area contributed by atoms with Gasteiger partial charge in [0.15, 0.2) is 0 Å². The predicted molar refractivity (Wildman–Crippen MR) is 66.7 cm³/mol. The number of hydrogen-bond donors (Lipinski definition) is 1. The van der Waals surface area contributed by atoms with Crippen molar-refractivity contribution >= 4 is 12.1 Å². The van der Waals surface area contributed by atoms with Crippen molar-refractivity contribution in [2.24, 2.45) is 11.8 Å². The fourth-order valence-corrected chi connectivity index (χ4v) is 2.85. The molecule has 0 aromatic heterocycles. The van der Waals surface area contributed by atoms with E-state index in [-0.39, 0.29) is 19.7 Å². The maximum atomic E-state index is 13.8. The molecule has 1 N–H and O–H groups in total. The number of piperidine rings is 1. The number of amides is 1. The van der Waals surface area contributed by atoms with Crippen LogP contribution in [0, 0.1) is 11.8 Å². The first-order valence-corrected chi connectivity index (χ1v) is 6.41. The summed E-state index contributed by atoms with van der Waals surface area (Å²) in [6.07, 6.45) is -0.520. The molecule has 0 spiro atoms. The van der Waals surface area contributed by atoms with Crippen LogP contribution in [0.15, 0.2) is 30.3 Å². The van der Waals surface area contributed by atoms with Gasteiger partial charge in [0.05, 0.1) is 0 Å². The molecule has 6 heteroatoms. The standard InChI is InChI=1S/C14H14FNO4/c15-14(12(17)18)10-6-16(7-11(10)14)13(19)20-8-9-4-2-1-3-5-9/h1-5,10-11H,6-8H2,(H,17,18)/t10-,11+,14?. The number of nitrogens with zero attached hydrogens (tertiary/aromatic N) is 1. The van der Waals surface area contributed by atoms with E-state index in [1.54, 1.807) is 0 Å². The predicted octanol–water partition coefficient (Wildman–Crippen LogP) is 1.68. The van der Waals surface area contributed by atoms with Crippen LogP contribution in [0.4, 0.5) is 9.18 Å². The zero-order valence-corrected chi connectivity index (χ0v) is 10.7. The summed E-state index contributed by atoms with van der Waals surface area (Å²) in [6.45, 7) is 0.382. The molecule has 2 fully saturated rings. The van der Waals surface area contributed by atoms with E-state index in [2.05, 4.69) is 0 Å². The van der Waals surface area contributed by atoms with Gasteiger partial charge < -0.3 is 14.7 Å². The third-order valence-electron chi connectivity index (χ3n) is 4.08. The number of halogens is 1. The zero-order valence-electron chi connectivity index (χ0n) is 10.7. The summed E-state index contributed by atoms with van der Waals surface area (Å²) >= 11 is 0. The van der Waals surface area contributed by atoms with Crippen LogP contribution in [-0.4, -0.2) is 40.8 Å². The molecule has 1 aliphatic carbocycles. The summed E-state index contributed by atoms with van der Waals surface area (Å²) in [5, 5.41) is 8.79. The molecule has 1 heterocycles. The van der Waals surface area contributed by atoms with E-state index in [0.29, 0.717) is 0 Å². The summed E-state index contributed by atoms with van der Waals surface area (Å²) in [6, 6.07) is 9.24. The molecule has 3 atom stereocenters. The van der Waals surface area contributed by atoms with Gasteiger partial charge in [0, 0.05) is 24.9 Å². The molecule has 0 bridgehead atoms. The molecule has 1 amide bonds. The molecule has 106 valence electrons. The first-order valence-electron chi connectivity index (χ1n) is 6.41. The third kappa shape index (κ3) is 1.92. The van der Waals surface area contributed by atoms with E-state index >= 15 is 0 Å². The molecular formula is C14H14FNO4. The largest absolute Gasteiger partial charge is 0.479 e. The van der Waals surface area contributed by atoms with Crippen LogP contribution >= 0.6 is 0 Å². The van der Waals surface area contributed by atoms with E-state index in [0.717, 1.165) is 5.56 Å². The Hall–Kier alpha value is -2.11. The lowest BCUT2D eigenvalue weighted by Crippen LogP contribution is -2.37. The summed E-state index contributed by atoms with van der Waals surface area (Å²) in [4.78, 5) is 23.9. The van der Waals surface area contributed by atoms with Crippen LogP contribution in [0.2, 0.25) is 0 Å². The Kier molecular flexibility index (Phi) is 2.88. The maximum absolute atomic E-state index is 13.8. The normalized spacial score (nSPS) is 30.8. The topological polar surface area (TPSA) is 66.8 Å². The van der Waals surface area contributed by atoms with Crippen molar-refractivity contribution in [2.45, 2.75) is 12.3 Å². The van der Waals surface area contributed by atoms with Gasteiger partial charge in [0.25, 0.3) is 0 Å². The van der Waals surface area contributed by atoms with Crippen molar-refractivity contribution < 1.29 is 23.8 Å². The molecule has 1 saturated carbocycles. The Morgan fingerprint density at radius 3 is 2.45 bits per heavy atom. The van der Waals surface area contributed by atoms with Crippen molar-refractivity contribution in [3.63, 3.8) is 0 Å². The van der Waals surface area contributed by atoms with Crippen LogP contribution in [0.25, 0.3) is 0 Å². The highest BCUT2D eigenvalue weighted by Gasteiger charge is 2.75. The number of benzene rings is 1. The van der Waals surface area contributed by atoms with E-state index in [4.69, 9.17) is 9.84 Å². The van der Waals surface area contributed by atoms with Crippen LogP contribution in [0.3, 0.4) is 0 Å². The highest BCUT2D eigenvalue weighted by atomic mass is 19.1. The van der Waals surface area contributed by atoms with Gasteiger partial charge in [-0.05, 0) is 5.56 Å². The molecule has 1 saturated heterocycles. The molecule has 1 aliphatic heterocycles. The van der Waals surface area contributed by atoms with Gasteiger partial charge in [0.2, 0.25) is 5.67 Å². The van der Waals surface area contributed by atoms with Gasteiger partial charge in [-0.25, -0.2) is 14.0 Å². The lowest BCUT2D eigenvalue weighted by atomic mass is 10.2. The Labute approximate surface area is 114 Å². The highest BCUT2D eigenvalue weighted by molar-refractivity contribution is 5.84. The van der Waals surface area contributed by atoms with Gasteiger partial charge in [-0.1, -0.05) is 30.3 Å². The molecule has 5 nitrogen and oxygen atoms in total. The Morgan fingerprint density at radius 1 is 1.30 bits per heavy atom. The summed E-state index contributed by atoms with van der Waals surface area (Å²) in [7, 11) is 0. The van der Waals surface area contributed by atoms with E-state index in [1.165, 1.54) is 4.90 Å². The molecule has 2 aliphatic rings. The molecule has 3 rings (SSSR count). The number of ether oxygens (including phenoxy) is 1. The van der Waals surface area contributed by atoms with Crippen LogP contribution in [-0.2, 0) is 16.1 Å². The zero-order chi connectivity index (χ0) is 14.3. The lowest BCUT2D eigenvalue weighted by molar-refractivity contribution is -0.146. The van der Waals surface area contributed by atoms with E-state index < -0.39 is 29.6 Å². The van der Waals surface area contributed by atoms with Gasteiger partial charge in [-0.15, -0.1) is 0 Å². The minimum Gasteiger partial charge on any atom is -0.479 e. The smallest absolute Gasteiger partial charge is 0.410 e. The number of rotatable bonds is 3. The number of carboxylic acids is 1. The molecule has 1 aromatic carbocycles. The fraction of sp³-hybridized carbons (Fsp3) is 0.429. The number of fused-ring (bicyclic) bond motifs is 1. The first kappa shape index (κ1) is 12.9. The Bertz CT molecular complexity index is 535. The number of likely N-dealkylation sites (tertiary alicyclic amines) is 1. The van der Waals surface area contributed by atoms with Crippen LogP contribution in [0.5, 0.6) is 0 Å². The van der Waals surface area contributed by atoms with Gasteiger partial charge in [-0.2, -0.15) is 0 Å². The Balaban J connectivity index is 1.51. The second-order valence-corrected chi connectivity index (χ2v) is 5.23. The second-order valence-electron chi connectivity index (χ2n) is 5.23. The van der Waals surface area contributed by atoms with Gasteiger partial charge >= 0.3 is 12.1 Å². The quantitative estimate of drug-likeness (QED) is 0.914.